The molecule has 0 aliphatic rings. The zero-order valence-electron chi connectivity index (χ0n) is 13.9. The van der Waals surface area contributed by atoms with E-state index in [1.165, 1.54) is 70.6 Å². The molecule has 120 valence electrons. The van der Waals surface area contributed by atoms with E-state index in [1.807, 2.05) is 0 Å². The van der Waals surface area contributed by atoms with Crippen molar-refractivity contribution in [3.05, 3.63) is 12.2 Å². The number of rotatable bonds is 15. The molecule has 0 unspecified atom stereocenters. The molecule has 0 saturated carbocycles. The van der Waals surface area contributed by atoms with E-state index in [2.05, 4.69) is 19.1 Å². The summed E-state index contributed by atoms with van der Waals surface area (Å²) in [6, 6.07) is 1.67. The first kappa shape index (κ1) is 19.9. The van der Waals surface area contributed by atoms with Crippen LogP contribution in [0.1, 0.15) is 96.8 Å². The van der Waals surface area contributed by atoms with Crippen LogP contribution in [0.2, 0.25) is 0 Å². The normalized spacial score (nSPS) is 10.9. The quantitative estimate of drug-likeness (QED) is 0.207. The Bertz CT molecular complexity index is 301. The number of carbonyl (C=O) groups is 1. The van der Waals surface area contributed by atoms with Gasteiger partial charge in [-0.3, -0.25) is 4.79 Å². The highest BCUT2D eigenvalue weighted by molar-refractivity contribution is 5.93. The summed E-state index contributed by atoms with van der Waals surface area (Å²) in [6.07, 6.45) is 21.4. The SMILES string of the molecule is CCCCCCCC/C=C/CCCCCCCC(=O)C#N. The van der Waals surface area contributed by atoms with E-state index in [0.29, 0.717) is 6.42 Å². The number of allylic oxidation sites excluding steroid dienone is 2. The van der Waals surface area contributed by atoms with Crippen LogP contribution in [-0.2, 0) is 4.79 Å². The molecular formula is C19H33NO. The molecule has 0 fully saturated rings. The van der Waals surface area contributed by atoms with Gasteiger partial charge in [-0.1, -0.05) is 70.4 Å². The number of unbranched alkanes of at least 4 members (excludes halogenated alkanes) is 11. The van der Waals surface area contributed by atoms with Crippen LogP contribution >= 0.6 is 0 Å². The summed E-state index contributed by atoms with van der Waals surface area (Å²) < 4.78 is 0. The Hall–Kier alpha value is -1.10. The highest BCUT2D eigenvalue weighted by Gasteiger charge is 1.97. The number of carbonyl (C=O) groups excluding carboxylic acids is 1. The highest BCUT2D eigenvalue weighted by atomic mass is 16.1. The molecule has 0 aromatic rings. The third-order valence-corrected chi connectivity index (χ3v) is 3.79. The van der Waals surface area contributed by atoms with Gasteiger partial charge >= 0.3 is 0 Å². The van der Waals surface area contributed by atoms with Gasteiger partial charge in [0.25, 0.3) is 0 Å². The second-order valence-electron chi connectivity index (χ2n) is 5.87. The molecule has 0 aliphatic heterocycles. The molecule has 0 aliphatic carbocycles. The lowest BCUT2D eigenvalue weighted by molar-refractivity contribution is -0.114. The molecule has 0 N–H and O–H groups in total. The van der Waals surface area contributed by atoms with Gasteiger partial charge in [-0.05, 0) is 32.1 Å². The van der Waals surface area contributed by atoms with Gasteiger partial charge < -0.3 is 0 Å². The van der Waals surface area contributed by atoms with Crippen molar-refractivity contribution in [2.24, 2.45) is 0 Å². The largest absolute Gasteiger partial charge is 0.283 e. The van der Waals surface area contributed by atoms with Gasteiger partial charge in [0.05, 0.1) is 0 Å². The maximum Gasteiger partial charge on any atom is 0.231 e. The van der Waals surface area contributed by atoms with Crippen LogP contribution in [0.5, 0.6) is 0 Å². The molecule has 0 heterocycles. The second-order valence-corrected chi connectivity index (χ2v) is 5.87. The third-order valence-electron chi connectivity index (χ3n) is 3.79. The number of hydrogen-bond acceptors (Lipinski definition) is 2. The Labute approximate surface area is 131 Å². The molecule has 0 spiro atoms. The molecule has 2 nitrogen and oxygen atoms in total. The number of nitrogens with zero attached hydrogens (tertiary/aromatic N) is 1. The van der Waals surface area contributed by atoms with Gasteiger partial charge in [0, 0.05) is 6.42 Å². The lowest BCUT2D eigenvalue weighted by Gasteiger charge is -1.99. The van der Waals surface area contributed by atoms with Crippen LogP contribution in [0.15, 0.2) is 12.2 Å². The van der Waals surface area contributed by atoms with Crippen molar-refractivity contribution in [2.75, 3.05) is 0 Å². The molecule has 0 aromatic carbocycles. The first-order chi connectivity index (χ1) is 10.3. The summed E-state index contributed by atoms with van der Waals surface area (Å²) in [6.45, 7) is 2.26. The monoisotopic (exact) mass is 291 g/mol. The zero-order valence-corrected chi connectivity index (χ0v) is 13.9. The fourth-order valence-electron chi connectivity index (χ4n) is 2.41. The van der Waals surface area contributed by atoms with E-state index in [4.69, 9.17) is 5.26 Å². The van der Waals surface area contributed by atoms with Gasteiger partial charge in [-0.25, -0.2) is 0 Å². The fourth-order valence-corrected chi connectivity index (χ4v) is 2.41. The molecule has 0 rings (SSSR count). The van der Waals surface area contributed by atoms with Gasteiger partial charge in [0.1, 0.15) is 6.07 Å². The number of ketones is 1. The van der Waals surface area contributed by atoms with Crippen molar-refractivity contribution in [2.45, 2.75) is 96.8 Å². The first-order valence-corrected chi connectivity index (χ1v) is 8.89. The Morgan fingerprint density at radius 3 is 1.81 bits per heavy atom. The Balaban J connectivity index is 3.12. The Kier molecular flexibility index (Phi) is 16.1. The van der Waals surface area contributed by atoms with Crippen molar-refractivity contribution in [1.82, 2.24) is 0 Å². The minimum absolute atomic E-state index is 0.271. The van der Waals surface area contributed by atoms with Gasteiger partial charge in [0.15, 0.2) is 0 Å². The molecule has 0 radical (unpaired) electrons. The lowest BCUT2D eigenvalue weighted by Crippen LogP contribution is -1.91. The topological polar surface area (TPSA) is 40.9 Å². The molecule has 0 amide bonds. The molecular weight excluding hydrogens is 258 g/mol. The average molecular weight is 291 g/mol. The van der Waals surface area contributed by atoms with Crippen LogP contribution in [0.25, 0.3) is 0 Å². The fraction of sp³-hybridized carbons (Fsp3) is 0.789. The van der Waals surface area contributed by atoms with E-state index in [1.54, 1.807) is 6.07 Å². The minimum Gasteiger partial charge on any atom is -0.283 e. The minimum atomic E-state index is -0.271. The van der Waals surface area contributed by atoms with Crippen molar-refractivity contribution in [3.63, 3.8) is 0 Å². The third kappa shape index (κ3) is 16.8. The van der Waals surface area contributed by atoms with Crippen LogP contribution in [0, 0.1) is 11.3 Å². The summed E-state index contributed by atoms with van der Waals surface area (Å²) in [5, 5.41) is 8.34. The zero-order chi connectivity index (χ0) is 15.6. The molecule has 2 heteroatoms. The first-order valence-electron chi connectivity index (χ1n) is 8.89. The van der Waals surface area contributed by atoms with Crippen molar-refractivity contribution in [1.29, 1.82) is 5.26 Å². The van der Waals surface area contributed by atoms with Crippen molar-refractivity contribution in [3.8, 4) is 6.07 Å². The maximum absolute atomic E-state index is 10.8. The highest BCUT2D eigenvalue weighted by Crippen LogP contribution is 2.09. The number of hydrogen-bond donors (Lipinski definition) is 0. The van der Waals surface area contributed by atoms with Crippen molar-refractivity contribution >= 4 is 5.78 Å². The molecule has 0 bridgehead atoms. The van der Waals surface area contributed by atoms with E-state index in [-0.39, 0.29) is 5.78 Å². The molecule has 21 heavy (non-hydrogen) atoms. The molecule has 0 aromatic heterocycles. The Morgan fingerprint density at radius 1 is 0.810 bits per heavy atom. The van der Waals surface area contributed by atoms with E-state index < -0.39 is 0 Å². The second kappa shape index (κ2) is 17.0. The van der Waals surface area contributed by atoms with Crippen LogP contribution in [-0.4, -0.2) is 5.78 Å². The maximum atomic E-state index is 10.8. The van der Waals surface area contributed by atoms with Crippen molar-refractivity contribution < 1.29 is 4.79 Å². The number of nitriles is 1. The molecule has 0 saturated heterocycles. The predicted molar refractivity (Wildman–Crippen MR) is 90.1 cm³/mol. The van der Waals surface area contributed by atoms with E-state index in [9.17, 15) is 4.79 Å². The summed E-state index contributed by atoms with van der Waals surface area (Å²) in [5.74, 6) is -0.271. The van der Waals surface area contributed by atoms with Gasteiger partial charge in [-0.2, -0.15) is 5.26 Å². The number of Topliss-reactive ketones (excluding diaryl/α,β-unsaturated/α-hetero) is 1. The van der Waals surface area contributed by atoms with Gasteiger partial charge in [0.2, 0.25) is 5.78 Å². The molecule has 0 atom stereocenters. The van der Waals surface area contributed by atoms with Crippen LogP contribution in [0.4, 0.5) is 0 Å². The smallest absolute Gasteiger partial charge is 0.231 e. The summed E-state index contributed by atoms with van der Waals surface area (Å²) >= 11 is 0. The van der Waals surface area contributed by atoms with Crippen LogP contribution in [0.3, 0.4) is 0 Å². The average Bonchev–Trinajstić information content (AvgIpc) is 2.50. The predicted octanol–water partition coefficient (Wildman–Crippen LogP) is 6.12. The van der Waals surface area contributed by atoms with E-state index >= 15 is 0 Å². The summed E-state index contributed by atoms with van der Waals surface area (Å²) in [7, 11) is 0. The standard InChI is InChI=1S/C19H33NO/c1-2-3-4-5-6-7-8-9-10-11-12-13-14-15-16-17-19(21)18-20/h9-10H,2-8,11-17H2,1H3/b10-9+. The Morgan fingerprint density at radius 2 is 1.29 bits per heavy atom. The lowest BCUT2D eigenvalue weighted by atomic mass is 10.1. The van der Waals surface area contributed by atoms with Crippen LogP contribution < -0.4 is 0 Å². The summed E-state index contributed by atoms with van der Waals surface area (Å²) in [5.41, 5.74) is 0. The summed E-state index contributed by atoms with van der Waals surface area (Å²) in [4.78, 5) is 10.8. The van der Waals surface area contributed by atoms with E-state index in [0.717, 1.165) is 12.8 Å². The van der Waals surface area contributed by atoms with Gasteiger partial charge in [-0.15, -0.1) is 0 Å².